The minimum Gasteiger partial charge on any atom is -0.489 e. The van der Waals surface area contributed by atoms with Crippen molar-refractivity contribution in [3.05, 3.63) is 65.2 Å². The SMILES string of the molecule is Cc1ccc(COc2ccc(CC(C)NC(=O)C(C)C3CNC3)cc2)cc1.Cl. The van der Waals surface area contributed by atoms with Crippen LogP contribution in [0.3, 0.4) is 0 Å². The second-order valence-corrected chi connectivity index (χ2v) is 7.74. The van der Waals surface area contributed by atoms with Crippen LogP contribution in [-0.4, -0.2) is 25.0 Å². The zero-order valence-electron chi connectivity index (χ0n) is 16.9. The second kappa shape index (κ2) is 10.5. The van der Waals surface area contributed by atoms with E-state index in [9.17, 15) is 4.79 Å². The molecule has 2 aromatic carbocycles. The van der Waals surface area contributed by atoms with Gasteiger partial charge < -0.3 is 15.4 Å². The molecule has 4 nitrogen and oxygen atoms in total. The Morgan fingerprint density at radius 1 is 1.07 bits per heavy atom. The van der Waals surface area contributed by atoms with Crippen LogP contribution >= 0.6 is 12.4 Å². The molecule has 0 aromatic heterocycles. The number of carbonyl (C=O) groups is 1. The fraction of sp³-hybridized carbons (Fsp3) is 0.435. The van der Waals surface area contributed by atoms with Crippen molar-refractivity contribution in [2.75, 3.05) is 13.1 Å². The summed E-state index contributed by atoms with van der Waals surface area (Å²) in [5.41, 5.74) is 3.61. The quantitative estimate of drug-likeness (QED) is 0.704. The van der Waals surface area contributed by atoms with Gasteiger partial charge in [-0.2, -0.15) is 0 Å². The highest BCUT2D eigenvalue weighted by Gasteiger charge is 2.29. The first-order valence-electron chi connectivity index (χ1n) is 9.79. The molecule has 0 aliphatic carbocycles. The van der Waals surface area contributed by atoms with E-state index in [1.54, 1.807) is 0 Å². The predicted molar refractivity (Wildman–Crippen MR) is 116 cm³/mol. The van der Waals surface area contributed by atoms with Crippen LogP contribution in [0.15, 0.2) is 48.5 Å². The summed E-state index contributed by atoms with van der Waals surface area (Å²) >= 11 is 0. The van der Waals surface area contributed by atoms with Crippen molar-refractivity contribution in [1.29, 1.82) is 0 Å². The van der Waals surface area contributed by atoms with Crippen molar-refractivity contribution in [3.63, 3.8) is 0 Å². The maximum absolute atomic E-state index is 12.3. The lowest BCUT2D eigenvalue weighted by Crippen LogP contribution is -2.50. The van der Waals surface area contributed by atoms with E-state index in [1.807, 2.05) is 19.1 Å². The summed E-state index contributed by atoms with van der Waals surface area (Å²) < 4.78 is 5.86. The van der Waals surface area contributed by atoms with Crippen LogP contribution in [0.1, 0.15) is 30.5 Å². The molecule has 5 heteroatoms. The third-order valence-electron chi connectivity index (χ3n) is 5.31. The van der Waals surface area contributed by atoms with Gasteiger partial charge in [-0.1, -0.05) is 48.9 Å². The van der Waals surface area contributed by atoms with Crippen LogP contribution in [0.5, 0.6) is 5.75 Å². The van der Waals surface area contributed by atoms with Crippen molar-refractivity contribution in [2.24, 2.45) is 11.8 Å². The van der Waals surface area contributed by atoms with Gasteiger partial charge in [-0.25, -0.2) is 0 Å². The summed E-state index contributed by atoms with van der Waals surface area (Å²) in [6.45, 7) is 8.64. The monoisotopic (exact) mass is 402 g/mol. The molecule has 0 bridgehead atoms. The van der Waals surface area contributed by atoms with Crippen LogP contribution in [-0.2, 0) is 17.8 Å². The number of ether oxygens (including phenoxy) is 1. The van der Waals surface area contributed by atoms with Crippen LogP contribution in [0.25, 0.3) is 0 Å². The lowest BCUT2D eigenvalue weighted by Gasteiger charge is -2.32. The summed E-state index contributed by atoms with van der Waals surface area (Å²) in [6.07, 6.45) is 0.819. The fourth-order valence-corrected chi connectivity index (χ4v) is 3.23. The maximum Gasteiger partial charge on any atom is 0.223 e. The molecule has 3 rings (SSSR count). The van der Waals surface area contributed by atoms with Gasteiger partial charge in [0, 0.05) is 12.0 Å². The predicted octanol–water partition coefficient (Wildman–Crippen LogP) is 3.90. The molecule has 2 N–H and O–H groups in total. The van der Waals surface area contributed by atoms with Crippen LogP contribution in [0, 0.1) is 18.8 Å². The van der Waals surface area contributed by atoms with E-state index in [-0.39, 0.29) is 30.3 Å². The Hall–Kier alpha value is -2.04. The Morgan fingerprint density at radius 2 is 1.68 bits per heavy atom. The van der Waals surface area contributed by atoms with Gasteiger partial charge in [-0.3, -0.25) is 4.79 Å². The van der Waals surface area contributed by atoms with Gasteiger partial charge in [0.1, 0.15) is 12.4 Å². The molecule has 152 valence electrons. The molecular formula is C23H31ClN2O2. The lowest BCUT2D eigenvalue weighted by molar-refractivity contribution is -0.127. The van der Waals surface area contributed by atoms with E-state index in [2.05, 4.69) is 60.9 Å². The molecule has 28 heavy (non-hydrogen) atoms. The van der Waals surface area contributed by atoms with Gasteiger partial charge in [0.05, 0.1) is 0 Å². The first-order chi connectivity index (χ1) is 13.0. The standard InChI is InChI=1S/C23H30N2O2.ClH/c1-16-4-6-20(7-5-16)15-27-22-10-8-19(9-11-22)12-17(2)25-23(26)18(3)21-13-24-14-21;/h4-11,17-18,21,24H,12-15H2,1-3H3,(H,25,26);1H. The maximum atomic E-state index is 12.3. The molecular weight excluding hydrogens is 372 g/mol. The number of aryl methyl sites for hydroxylation is 1. The molecule has 0 spiro atoms. The number of carbonyl (C=O) groups excluding carboxylic acids is 1. The Labute approximate surface area is 174 Å². The smallest absolute Gasteiger partial charge is 0.223 e. The number of nitrogens with one attached hydrogen (secondary N) is 2. The third kappa shape index (κ3) is 6.25. The minimum atomic E-state index is 0. The molecule has 1 saturated heterocycles. The Balaban J connectivity index is 0.00000280. The van der Waals surface area contributed by atoms with Crippen molar-refractivity contribution in [3.8, 4) is 5.75 Å². The second-order valence-electron chi connectivity index (χ2n) is 7.74. The molecule has 1 fully saturated rings. The topological polar surface area (TPSA) is 50.4 Å². The zero-order chi connectivity index (χ0) is 19.2. The average molecular weight is 403 g/mol. The van der Waals surface area contributed by atoms with Crippen LogP contribution in [0.4, 0.5) is 0 Å². The number of amides is 1. The molecule has 0 radical (unpaired) electrons. The summed E-state index contributed by atoms with van der Waals surface area (Å²) in [7, 11) is 0. The van der Waals surface area contributed by atoms with Gasteiger partial charge in [0.15, 0.2) is 0 Å². The Bertz CT molecular complexity index is 742. The van der Waals surface area contributed by atoms with Crippen LogP contribution < -0.4 is 15.4 Å². The number of halogens is 1. The van der Waals surface area contributed by atoms with Gasteiger partial charge in [-0.05, 0) is 62.5 Å². The number of hydrogen-bond donors (Lipinski definition) is 2. The summed E-state index contributed by atoms with van der Waals surface area (Å²) in [4.78, 5) is 12.3. The Kier molecular flexibility index (Phi) is 8.34. The molecule has 1 aliphatic heterocycles. The van der Waals surface area contributed by atoms with Gasteiger partial charge >= 0.3 is 0 Å². The first-order valence-corrected chi connectivity index (χ1v) is 9.79. The van der Waals surface area contributed by atoms with E-state index in [0.717, 1.165) is 30.8 Å². The normalized spacial score (nSPS) is 15.7. The van der Waals surface area contributed by atoms with E-state index >= 15 is 0 Å². The summed E-state index contributed by atoms with van der Waals surface area (Å²) in [5.74, 6) is 1.57. The molecule has 2 atom stereocenters. The van der Waals surface area contributed by atoms with E-state index in [0.29, 0.717) is 12.5 Å². The van der Waals surface area contributed by atoms with E-state index in [4.69, 9.17) is 4.74 Å². The number of hydrogen-bond acceptors (Lipinski definition) is 3. The van der Waals surface area contributed by atoms with Crippen molar-refractivity contribution < 1.29 is 9.53 Å². The molecule has 0 saturated carbocycles. The highest BCUT2D eigenvalue weighted by atomic mass is 35.5. The van der Waals surface area contributed by atoms with Crippen molar-refractivity contribution >= 4 is 18.3 Å². The molecule has 2 aromatic rings. The number of benzene rings is 2. The lowest BCUT2D eigenvalue weighted by atomic mass is 9.88. The van der Waals surface area contributed by atoms with Crippen molar-refractivity contribution in [1.82, 2.24) is 10.6 Å². The Morgan fingerprint density at radius 3 is 2.25 bits per heavy atom. The first kappa shape index (κ1) is 22.3. The molecule has 1 amide bonds. The van der Waals surface area contributed by atoms with E-state index < -0.39 is 0 Å². The van der Waals surface area contributed by atoms with Crippen LogP contribution in [0.2, 0.25) is 0 Å². The van der Waals surface area contributed by atoms with Gasteiger partial charge in [0.2, 0.25) is 5.91 Å². The highest BCUT2D eigenvalue weighted by molar-refractivity contribution is 5.85. The summed E-state index contributed by atoms with van der Waals surface area (Å²) in [6, 6.07) is 16.6. The fourth-order valence-electron chi connectivity index (χ4n) is 3.23. The third-order valence-corrected chi connectivity index (χ3v) is 5.31. The zero-order valence-corrected chi connectivity index (χ0v) is 17.7. The minimum absolute atomic E-state index is 0. The van der Waals surface area contributed by atoms with Gasteiger partial charge in [0.25, 0.3) is 0 Å². The number of rotatable bonds is 8. The molecule has 1 aliphatic rings. The average Bonchev–Trinajstić information content (AvgIpc) is 2.61. The van der Waals surface area contributed by atoms with Gasteiger partial charge in [-0.15, -0.1) is 12.4 Å². The molecule has 1 heterocycles. The molecule has 2 unspecified atom stereocenters. The highest BCUT2D eigenvalue weighted by Crippen LogP contribution is 2.18. The largest absolute Gasteiger partial charge is 0.489 e. The van der Waals surface area contributed by atoms with Crippen molar-refractivity contribution in [2.45, 2.75) is 39.8 Å². The van der Waals surface area contributed by atoms with E-state index in [1.165, 1.54) is 11.1 Å². The summed E-state index contributed by atoms with van der Waals surface area (Å²) in [5, 5.41) is 6.37.